The summed E-state index contributed by atoms with van der Waals surface area (Å²) < 4.78 is 14.2. The average molecular weight is 352 g/mol. The number of hydrogen-bond donors (Lipinski definition) is 1. The zero-order chi connectivity index (χ0) is 18.3. The summed E-state index contributed by atoms with van der Waals surface area (Å²) in [5.41, 5.74) is 4.23. The first-order chi connectivity index (χ1) is 12.5. The largest absolute Gasteiger partial charge is 0.367 e. The van der Waals surface area contributed by atoms with E-state index in [2.05, 4.69) is 19.9 Å². The third kappa shape index (κ3) is 2.96. The van der Waals surface area contributed by atoms with Crippen molar-refractivity contribution in [3.8, 4) is 0 Å². The first-order valence-electron chi connectivity index (χ1n) is 8.89. The second kappa shape index (κ2) is 6.52. The predicted molar refractivity (Wildman–Crippen MR) is 100 cm³/mol. The van der Waals surface area contributed by atoms with Crippen molar-refractivity contribution < 1.29 is 4.39 Å². The van der Waals surface area contributed by atoms with Crippen molar-refractivity contribution in [1.82, 2.24) is 15.0 Å². The molecule has 4 rings (SSSR count). The van der Waals surface area contributed by atoms with Crippen LogP contribution >= 0.6 is 0 Å². The number of rotatable bonds is 2. The summed E-state index contributed by atoms with van der Waals surface area (Å²) in [6, 6.07) is 7.04. The molecule has 5 nitrogen and oxygen atoms in total. The van der Waals surface area contributed by atoms with E-state index in [1.54, 1.807) is 18.3 Å². The van der Waals surface area contributed by atoms with Crippen molar-refractivity contribution in [2.45, 2.75) is 32.6 Å². The van der Waals surface area contributed by atoms with E-state index >= 15 is 0 Å². The number of anilines is 1. The fourth-order valence-corrected chi connectivity index (χ4v) is 3.86. The fourth-order valence-electron chi connectivity index (χ4n) is 3.86. The summed E-state index contributed by atoms with van der Waals surface area (Å²) in [4.78, 5) is 26.0. The summed E-state index contributed by atoms with van der Waals surface area (Å²) in [6.07, 6.45) is 3.33. The highest BCUT2D eigenvalue weighted by Crippen LogP contribution is 2.33. The van der Waals surface area contributed by atoms with Gasteiger partial charge in [0.25, 0.3) is 5.56 Å². The number of H-pyrrole nitrogens is 1. The number of fused-ring (bicyclic) bond motifs is 1. The first-order valence-corrected chi connectivity index (χ1v) is 8.89. The molecule has 2 aromatic heterocycles. The van der Waals surface area contributed by atoms with Crippen molar-refractivity contribution in [2.75, 3.05) is 18.0 Å². The third-order valence-corrected chi connectivity index (χ3v) is 5.17. The lowest BCUT2D eigenvalue weighted by molar-refractivity contribution is 0.479. The highest BCUT2D eigenvalue weighted by molar-refractivity contribution is 5.74. The first kappa shape index (κ1) is 16.7. The molecule has 1 saturated heterocycles. The van der Waals surface area contributed by atoms with Crippen molar-refractivity contribution in [1.29, 1.82) is 0 Å². The van der Waals surface area contributed by atoms with Gasteiger partial charge in [-0.1, -0.05) is 12.1 Å². The van der Waals surface area contributed by atoms with E-state index in [0.29, 0.717) is 29.9 Å². The molecule has 26 heavy (non-hydrogen) atoms. The molecule has 0 atom stereocenters. The van der Waals surface area contributed by atoms with E-state index in [1.165, 1.54) is 6.07 Å². The number of aromatic nitrogens is 3. The lowest BCUT2D eigenvalue weighted by Gasteiger charge is -2.34. The van der Waals surface area contributed by atoms with Crippen LogP contribution in [0.25, 0.3) is 11.2 Å². The number of nitrogens with zero attached hydrogens (tertiary/aromatic N) is 3. The quantitative estimate of drug-likeness (QED) is 0.767. The van der Waals surface area contributed by atoms with Gasteiger partial charge in [0, 0.05) is 19.3 Å². The zero-order valence-corrected chi connectivity index (χ0v) is 14.9. The minimum Gasteiger partial charge on any atom is -0.367 e. The van der Waals surface area contributed by atoms with Gasteiger partial charge in [0.05, 0.1) is 5.69 Å². The Morgan fingerprint density at radius 3 is 2.73 bits per heavy atom. The van der Waals surface area contributed by atoms with Gasteiger partial charge in [-0.2, -0.15) is 0 Å². The maximum absolute atomic E-state index is 14.2. The van der Waals surface area contributed by atoms with Crippen LogP contribution in [-0.2, 0) is 0 Å². The van der Waals surface area contributed by atoms with Gasteiger partial charge >= 0.3 is 0 Å². The molecule has 1 N–H and O–H groups in total. The Bertz CT molecular complexity index is 1000. The number of pyridine rings is 1. The van der Waals surface area contributed by atoms with Gasteiger partial charge in [0.1, 0.15) is 17.0 Å². The molecule has 1 aliphatic rings. The van der Waals surface area contributed by atoms with Gasteiger partial charge in [0.15, 0.2) is 5.65 Å². The highest BCUT2D eigenvalue weighted by Gasteiger charge is 2.25. The van der Waals surface area contributed by atoms with E-state index in [0.717, 1.165) is 29.7 Å². The summed E-state index contributed by atoms with van der Waals surface area (Å²) in [5, 5.41) is 0. The van der Waals surface area contributed by atoms with E-state index in [1.807, 2.05) is 19.9 Å². The molecule has 0 unspecified atom stereocenters. The van der Waals surface area contributed by atoms with Crippen LogP contribution in [0, 0.1) is 19.7 Å². The van der Waals surface area contributed by atoms with E-state index in [9.17, 15) is 9.18 Å². The van der Waals surface area contributed by atoms with Crippen LogP contribution in [0.15, 0.2) is 35.3 Å². The molecule has 0 aliphatic carbocycles. The van der Waals surface area contributed by atoms with Gasteiger partial charge in [0.2, 0.25) is 0 Å². The van der Waals surface area contributed by atoms with Crippen molar-refractivity contribution in [3.05, 3.63) is 63.5 Å². The summed E-state index contributed by atoms with van der Waals surface area (Å²) >= 11 is 0. The van der Waals surface area contributed by atoms with E-state index in [4.69, 9.17) is 0 Å². The van der Waals surface area contributed by atoms with Gasteiger partial charge < -0.3 is 9.88 Å². The van der Waals surface area contributed by atoms with Crippen molar-refractivity contribution in [3.63, 3.8) is 0 Å². The number of nitrogens with one attached hydrogen (secondary N) is 1. The molecule has 0 bridgehead atoms. The maximum Gasteiger partial charge on any atom is 0.273 e. The monoisotopic (exact) mass is 352 g/mol. The molecule has 3 heterocycles. The SMILES string of the molecule is Cc1cnc2cc(N3CCC(c4c(C)cccc4F)CC3)c(=O)[nH]c2n1. The van der Waals surface area contributed by atoms with Crippen LogP contribution in [0.2, 0.25) is 0 Å². The molecule has 6 heteroatoms. The van der Waals surface area contributed by atoms with Gasteiger partial charge in [-0.15, -0.1) is 0 Å². The summed E-state index contributed by atoms with van der Waals surface area (Å²) in [7, 11) is 0. The Morgan fingerprint density at radius 1 is 1.23 bits per heavy atom. The number of benzene rings is 1. The van der Waals surface area contributed by atoms with E-state index in [-0.39, 0.29) is 17.3 Å². The van der Waals surface area contributed by atoms with Gasteiger partial charge in [-0.05, 0) is 55.9 Å². The van der Waals surface area contributed by atoms with Gasteiger partial charge in [-0.3, -0.25) is 9.78 Å². The number of halogens is 1. The molecule has 3 aromatic rings. The van der Waals surface area contributed by atoms with Crippen LogP contribution in [0.4, 0.5) is 10.1 Å². The minimum atomic E-state index is -0.155. The Morgan fingerprint density at radius 2 is 2.00 bits per heavy atom. The second-order valence-corrected chi connectivity index (χ2v) is 6.96. The Kier molecular flexibility index (Phi) is 4.18. The fraction of sp³-hybridized carbons (Fsp3) is 0.350. The van der Waals surface area contributed by atoms with Crippen LogP contribution < -0.4 is 10.5 Å². The molecule has 134 valence electrons. The Hall–Kier alpha value is -2.76. The van der Waals surface area contributed by atoms with Crippen LogP contribution in [0.5, 0.6) is 0 Å². The Labute approximate surface area is 150 Å². The molecule has 1 fully saturated rings. The number of aromatic amines is 1. The second-order valence-electron chi connectivity index (χ2n) is 6.96. The number of aryl methyl sites for hydroxylation is 2. The van der Waals surface area contributed by atoms with E-state index < -0.39 is 0 Å². The lowest BCUT2D eigenvalue weighted by atomic mass is 9.86. The Balaban J connectivity index is 1.58. The molecule has 0 radical (unpaired) electrons. The smallest absolute Gasteiger partial charge is 0.273 e. The summed E-state index contributed by atoms with van der Waals surface area (Å²) in [5.74, 6) is 0.0621. The number of piperidine rings is 1. The molecule has 0 spiro atoms. The van der Waals surface area contributed by atoms with Crippen molar-refractivity contribution in [2.24, 2.45) is 0 Å². The molecule has 1 aromatic carbocycles. The van der Waals surface area contributed by atoms with Gasteiger partial charge in [-0.25, -0.2) is 9.37 Å². The number of hydrogen-bond acceptors (Lipinski definition) is 4. The average Bonchev–Trinajstić information content (AvgIpc) is 2.61. The predicted octanol–water partition coefficient (Wildman–Crippen LogP) is 3.46. The summed E-state index contributed by atoms with van der Waals surface area (Å²) in [6.45, 7) is 5.23. The maximum atomic E-state index is 14.2. The normalized spacial score (nSPS) is 15.6. The topological polar surface area (TPSA) is 61.9 Å². The standard InChI is InChI=1S/C20H21FN4O/c1-12-4-3-5-15(21)18(12)14-6-8-25(9-7-14)17-10-16-19(24-20(17)26)23-13(2)11-22-16/h3-5,10-11,14H,6-9H2,1-2H3,(H,23,24,26). The molecular weight excluding hydrogens is 331 g/mol. The van der Waals surface area contributed by atoms with Crippen LogP contribution in [0.1, 0.15) is 35.6 Å². The van der Waals surface area contributed by atoms with Crippen LogP contribution in [0.3, 0.4) is 0 Å². The minimum absolute atomic E-state index is 0.127. The molecule has 0 saturated carbocycles. The zero-order valence-electron chi connectivity index (χ0n) is 14.9. The molecule has 0 amide bonds. The van der Waals surface area contributed by atoms with Crippen LogP contribution in [-0.4, -0.2) is 28.0 Å². The third-order valence-electron chi connectivity index (χ3n) is 5.17. The highest BCUT2D eigenvalue weighted by atomic mass is 19.1. The van der Waals surface area contributed by atoms with Crippen molar-refractivity contribution >= 4 is 16.9 Å². The lowest BCUT2D eigenvalue weighted by Crippen LogP contribution is -2.36. The molecule has 1 aliphatic heterocycles. The molecular formula is C20H21FN4O.